The summed E-state index contributed by atoms with van der Waals surface area (Å²) in [6.07, 6.45) is 5.00. The van der Waals surface area contributed by atoms with E-state index in [1.165, 1.54) is 30.6 Å². The number of nitrogens with one attached hydrogen (secondary N) is 2. The summed E-state index contributed by atoms with van der Waals surface area (Å²) in [7, 11) is 0. The Bertz CT molecular complexity index is 443. The number of hydrogen-bond acceptors (Lipinski definition) is 1. The van der Waals surface area contributed by atoms with E-state index >= 15 is 0 Å². The van der Waals surface area contributed by atoms with Gasteiger partial charge in [-0.1, -0.05) is 23.2 Å². The van der Waals surface area contributed by atoms with Crippen LogP contribution >= 0.6 is 23.2 Å². The van der Waals surface area contributed by atoms with E-state index in [2.05, 4.69) is 5.32 Å². The molecule has 2 N–H and O–H groups in total. The van der Waals surface area contributed by atoms with Crippen LogP contribution in [0.25, 0.3) is 0 Å². The van der Waals surface area contributed by atoms with Crippen LogP contribution in [0.4, 0.5) is 5.69 Å². The Morgan fingerprint density at radius 1 is 1.16 bits per heavy atom. The minimum Gasteiger partial charge on any atom is -0.327 e. The number of carbonyl (C=O) groups is 1. The third-order valence-electron chi connectivity index (χ3n) is 3.43. The zero-order valence-corrected chi connectivity index (χ0v) is 12.4. The molecule has 0 unspecified atom stereocenters. The molecule has 0 radical (unpaired) electrons. The molecule has 0 bridgehead atoms. The first-order valence-corrected chi connectivity index (χ1v) is 7.49. The molecule has 2 rings (SSSR count). The summed E-state index contributed by atoms with van der Waals surface area (Å²) in [6.45, 7) is 2.68. The number of anilines is 1. The molecule has 1 aromatic carbocycles. The van der Waals surface area contributed by atoms with Crippen molar-refractivity contribution in [1.82, 2.24) is 0 Å². The third kappa shape index (κ3) is 4.68. The molecule has 0 atom stereocenters. The predicted octanol–water partition coefficient (Wildman–Crippen LogP) is 2.39. The van der Waals surface area contributed by atoms with Crippen molar-refractivity contribution in [2.45, 2.75) is 25.7 Å². The van der Waals surface area contributed by atoms with Crippen molar-refractivity contribution in [2.24, 2.45) is 0 Å². The smallest absolute Gasteiger partial charge is 0.279 e. The van der Waals surface area contributed by atoms with Crippen molar-refractivity contribution in [1.29, 1.82) is 0 Å². The SMILES string of the molecule is O=C(C[NH+]1CCCCCC1)Nc1ccc(Cl)cc1Cl. The number of hydrogen-bond donors (Lipinski definition) is 2. The second-order valence-corrected chi connectivity index (χ2v) is 5.86. The minimum atomic E-state index is 0.0149. The lowest BCUT2D eigenvalue weighted by Gasteiger charge is -2.16. The fourth-order valence-corrected chi connectivity index (χ4v) is 2.87. The van der Waals surface area contributed by atoms with Crippen LogP contribution in [0.3, 0.4) is 0 Å². The molecular formula is C14H19Cl2N2O+. The highest BCUT2D eigenvalue weighted by atomic mass is 35.5. The van der Waals surface area contributed by atoms with E-state index < -0.39 is 0 Å². The maximum atomic E-state index is 12.0. The van der Waals surface area contributed by atoms with Gasteiger partial charge in [-0.2, -0.15) is 0 Å². The zero-order valence-electron chi connectivity index (χ0n) is 10.8. The van der Waals surface area contributed by atoms with Crippen LogP contribution in [0, 0.1) is 0 Å². The van der Waals surface area contributed by atoms with Crippen LogP contribution in [0.15, 0.2) is 18.2 Å². The van der Waals surface area contributed by atoms with E-state index in [0.717, 1.165) is 13.1 Å². The number of likely N-dealkylation sites (tertiary alicyclic amines) is 1. The molecule has 1 aromatic rings. The molecule has 1 aliphatic heterocycles. The highest BCUT2D eigenvalue weighted by Crippen LogP contribution is 2.25. The molecule has 1 amide bonds. The highest BCUT2D eigenvalue weighted by Gasteiger charge is 2.16. The second kappa shape index (κ2) is 7.13. The van der Waals surface area contributed by atoms with Gasteiger partial charge in [0.1, 0.15) is 0 Å². The van der Waals surface area contributed by atoms with Crippen molar-refractivity contribution < 1.29 is 9.69 Å². The van der Waals surface area contributed by atoms with Gasteiger partial charge in [-0.3, -0.25) is 4.79 Å². The first kappa shape index (κ1) is 14.6. The third-order valence-corrected chi connectivity index (χ3v) is 3.97. The van der Waals surface area contributed by atoms with E-state index in [1.807, 2.05) is 0 Å². The van der Waals surface area contributed by atoms with Crippen LogP contribution in [-0.4, -0.2) is 25.5 Å². The lowest BCUT2D eigenvalue weighted by molar-refractivity contribution is -0.890. The molecule has 0 saturated carbocycles. The molecule has 104 valence electrons. The molecule has 0 aliphatic carbocycles. The molecule has 19 heavy (non-hydrogen) atoms. The van der Waals surface area contributed by atoms with Crippen LogP contribution in [0.1, 0.15) is 25.7 Å². The van der Waals surface area contributed by atoms with Crippen molar-refractivity contribution in [3.8, 4) is 0 Å². The van der Waals surface area contributed by atoms with E-state index in [4.69, 9.17) is 23.2 Å². The van der Waals surface area contributed by atoms with Gasteiger partial charge in [-0.25, -0.2) is 0 Å². The number of quaternary nitrogens is 1. The lowest BCUT2D eigenvalue weighted by Crippen LogP contribution is -3.12. The molecule has 5 heteroatoms. The van der Waals surface area contributed by atoms with E-state index in [1.54, 1.807) is 18.2 Å². The molecule has 1 heterocycles. The summed E-state index contributed by atoms with van der Waals surface area (Å²) >= 11 is 11.9. The first-order valence-electron chi connectivity index (χ1n) is 6.73. The van der Waals surface area contributed by atoms with Gasteiger partial charge < -0.3 is 10.2 Å². The quantitative estimate of drug-likeness (QED) is 0.883. The van der Waals surface area contributed by atoms with Gasteiger partial charge in [-0.05, 0) is 43.9 Å². The van der Waals surface area contributed by atoms with Gasteiger partial charge in [0, 0.05) is 5.02 Å². The Morgan fingerprint density at radius 3 is 2.47 bits per heavy atom. The Balaban J connectivity index is 1.89. The Labute approximate surface area is 123 Å². The predicted molar refractivity (Wildman–Crippen MR) is 79.1 cm³/mol. The first-order chi connectivity index (χ1) is 9.15. The maximum Gasteiger partial charge on any atom is 0.279 e. The Hall–Kier alpha value is -0.770. The summed E-state index contributed by atoms with van der Waals surface area (Å²) in [5.74, 6) is 0.0149. The largest absolute Gasteiger partial charge is 0.327 e. The van der Waals surface area contributed by atoms with Gasteiger partial charge in [0.15, 0.2) is 6.54 Å². The van der Waals surface area contributed by atoms with Gasteiger partial charge in [-0.15, -0.1) is 0 Å². The summed E-state index contributed by atoms with van der Waals surface area (Å²) in [4.78, 5) is 13.4. The van der Waals surface area contributed by atoms with Crippen LogP contribution in [0.2, 0.25) is 10.0 Å². The monoisotopic (exact) mass is 301 g/mol. The molecule has 3 nitrogen and oxygen atoms in total. The van der Waals surface area contributed by atoms with Gasteiger partial charge in [0.2, 0.25) is 0 Å². The van der Waals surface area contributed by atoms with Crippen molar-refractivity contribution in [3.63, 3.8) is 0 Å². The van der Waals surface area contributed by atoms with Gasteiger partial charge in [0.05, 0.1) is 23.8 Å². The Morgan fingerprint density at radius 2 is 1.84 bits per heavy atom. The number of rotatable bonds is 3. The molecule has 1 aliphatic rings. The highest BCUT2D eigenvalue weighted by molar-refractivity contribution is 6.36. The summed E-state index contributed by atoms with van der Waals surface area (Å²) in [5, 5.41) is 3.90. The zero-order chi connectivity index (χ0) is 13.7. The molecule has 1 saturated heterocycles. The number of amides is 1. The summed E-state index contributed by atoms with van der Waals surface area (Å²) < 4.78 is 0. The summed E-state index contributed by atoms with van der Waals surface area (Å²) in [6, 6.07) is 5.10. The molecule has 0 spiro atoms. The van der Waals surface area contributed by atoms with Gasteiger partial charge in [0.25, 0.3) is 5.91 Å². The van der Waals surface area contributed by atoms with Crippen molar-refractivity contribution in [2.75, 3.05) is 25.0 Å². The van der Waals surface area contributed by atoms with Gasteiger partial charge >= 0.3 is 0 Å². The van der Waals surface area contributed by atoms with Crippen LogP contribution in [0.5, 0.6) is 0 Å². The molecule has 0 aromatic heterocycles. The topological polar surface area (TPSA) is 33.5 Å². The fraction of sp³-hybridized carbons (Fsp3) is 0.500. The number of halogens is 2. The average Bonchev–Trinajstić information content (AvgIpc) is 2.61. The standard InChI is InChI=1S/C14H18Cl2N2O/c15-11-5-6-13(12(16)9-11)17-14(19)10-18-7-3-1-2-4-8-18/h5-6,9H,1-4,7-8,10H2,(H,17,19)/p+1. The fourth-order valence-electron chi connectivity index (χ4n) is 2.42. The molecular weight excluding hydrogens is 283 g/mol. The number of carbonyl (C=O) groups excluding carboxylic acids is 1. The van der Waals surface area contributed by atoms with Crippen molar-refractivity contribution >= 4 is 34.8 Å². The van der Waals surface area contributed by atoms with Crippen LogP contribution < -0.4 is 10.2 Å². The maximum absolute atomic E-state index is 12.0. The minimum absolute atomic E-state index is 0.0149. The Kier molecular flexibility index (Phi) is 5.49. The molecule has 1 fully saturated rings. The summed E-state index contributed by atoms with van der Waals surface area (Å²) in [5.41, 5.74) is 0.630. The van der Waals surface area contributed by atoms with Crippen LogP contribution in [-0.2, 0) is 4.79 Å². The van der Waals surface area contributed by atoms with E-state index in [0.29, 0.717) is 22.3 Å². The second-order valence-electron chi connectivity index (χ2n) is 5.01. The van der Waals surface area contributed by atoms with E-state index in [-0.39, 0.29) is 5.91 Å². The number of benzene rings is 1. The van der Waals surface area contributed by atoms with Crippen molar-refractivity contribution in [3.05, 3.63) is 28.2 Å². The average molecular weight is 302 g/mol. The van der Waals surface area contributed by atoms with E-state index in [9.17, 15) is 4.79 Å². The normalized spacial score (nSPS) is 16.9. The lowest BCUT2D eigenvalue weighted by atomic mass is 10.2.